The van der Waals surface area contributed by atoms with Gasteiger partial charge in [-0.2, -0.15) is 11.8 Å². The average molecular weight is 537 g/mol. The van der Waals surface area contributed by atoms with Crippen molar-refractivity contribution in [2.45, 2.75) is 45.0 Å². The van der Waals surface area contributed by atoms with Gasteiger partial charge in [-0.15, -0.1) is 0 Å². The number of urea groups is 1. The molecule has 1 fully saturated rings. The summed E-state index contributed by atoms with van der Waals surface area (Å²) in [7, 11) is 0. The average Bonchev–Trinajstić information content (AvgIpc) is 2.96. The number of carbonyl (C=O) groups is 1. The summed E-state index contributed by atoms with van der Waals surface area (Å²) in [5, 5.41) is 24.2. The summed E-state index contributed by atoms with van der Waals surface area (Å²) in [6, 6.07) is 24.0. The van der Waals surface area contributed by atoms with Crippen molar-refractivity contribution in [1.29, 1.82) is 0 Å². The molecule has 1 aliphatic heterocycles. The molecule has 0 bridgehead atoms. The fraction of sp³-hybridized carbons (Fsp3) is 0.367. The van der Waals surface area contributed by atoms with Gasteiger partial charge in [-0.3, -0.25) is 0 Å². The molecule has 1 saturated heterocycles. The van der Waals surface area contributed by atoms with Gasteiger partial charge in [-0.05, 0) is 40.8 Å². The first-order chi connectivity index (χ1) is 18.6. The molecule has 0 saturated carbocycles. The van der Waals surface area contributed by atoms with Crippen LogP contribution in [0.25, 0.3) is 11.1 Å². The van der Waals surface area contributed by atoms with Gasteiger partial charge in [-0.1, -0.05) is 66.7 Å². The SMILES string of the molecule is CCNC(=O)NCc1cccc(-c2ccc(C3OC(CSCCO)CC(c4ccc(CO)cc4)O3)cc2)c1. The summed E-state index contributed by atoms with van der Waals surface area (Å²) < 4.78 is 12.8. The standard InChI is InChI=1S/C30H36N2O5S/c1-2-31-30(35)32-18-22-4-3-5-26(16-22)23-10-12-25(13-11-23)29-36-27(20-38-15-14-33)17-28(37-29)24-8-6-21(19-34)7-9-24/h3-13,16,27-29,33-34H,2,14-15,17-20H2,1H3,(H2,31,32,35). The van der Waals surface area contributed by atoms with Gasteiger partial charge >= 0.3 is 6.03 Å². The lowest BCUT2D eigenvalue weighted by Crippen LogP contribution is -2.34. The van der Waals surface area contributed by atoms with Gasteiger partial charge in [0.2, 0.25) is 0 Å². The van der Waals surface area contributed by atoms with Crippen molar-refractivity contribution in [1.82, 2.24) is 10.6 Å². The molecule has 7 nitrogen and oxygen atoms in total. The maximum atomic E-state index is 11.7. The monoisotopic (exact) mass is 536 g/mol. The number of aliphatic hydroxyl groups excluding tert-OH is 2. The quantitative estimate of drug-likeness (QED) is 0.259. The van der Waals surface area contributed by atoms with Crippen molar-refractivity contribution in [3.8, 4) is 11.1 Å². The Balaban J connectivity index is 1.47. The maximum Gasteiger partial charge on any atom is 0.315 e. The minimum atomic E-state index is -0.507. The lowest BCUT2D eigenvalue weighted by molar-refractivity contribution is -0.245. The van der Waals surface area contributed by atoms with Gasteiger partial charge in [0, 0.05) is 36.6 Å². The summed E-state index contributed by atoms with van der Waals surface area (Å²) in [5.74, 6) is 1.45. The van der Waals surface area contributed by atoms with Crippen molar-refractivity contribution >= 4 is 17.8 Å². The van der Waals surface area contributed by atoms with Crippen LogP contribution in [-0.4, -0.2) is 47.0 Å². The largest absolute Gasteiger partial charge is 0.396 e. The van der Waals surface area contributed by atoms with Gasteiger partial charge in [0.1, 0.15) is 0 Å². The highest BCUT2D eigenvalue weighted by Gasteiger charge is 2.32. The number of ether oxygens (including phenoxy) is 2. The van der Waals surface area contributed by atoms with E-state index in [1.165, 1.54) is 0 Å². The molecule has 1 aliphatic rings. The van der Waals surface area contributed by atoms with Crippen LogP contribution in [0.4, 0.5) is 4.79 Å². The van der Waals surface area contributed by atoms with E-state index >= 15 is 0 Å². The number of benzene rings is 3. The summed E-state index contributed by atoms with van der Waals surface area (Å²) >= 11 is 1.68. The van der Waals surface area contributed by atoms with E-state index in [4.69, 9.17) is 9.47 Å². The Morgan fingerprint density at radius 2 is 1.68 bits per heavy atom. The van der Waals surface area contributed by atoms with Crippen LogP contribution in [-0.2, 0) is 22.6 Å². The Morgan fingerprint density at radius 1 is 0.921 bits per heavy atom. The number of hydrogen-bond acceptors (Lipinski definition) is 6. The number of nitrogens with one attached hydrogen (secondary N) is 2. The summed E-state index contributed by atoms with van der Waals surface area (Å²) in [5.41, 5.74) is 6.02. The molecule has 3 aromatic rings. The zero-order valence-corrected chi connectivity index (χ0v) is 22.5. The number of thioether (sulfide) groups is 1. The van der Waals surface area contributed by atoms with Crippen molar-refractivity contribution in [2.24, 2.45) is 0 Å². The number of rotatable bonds is 11. The Bertz CT molecular complexity index is 1160. The zero-order chi connectivity index (χ0) is 26.7. The van der Waals surface area contributed by atoms with Crippen molar-refractivity contribution in [3.63, 3.8) is 0 Å². The molecule has 8 heteroatoms. The van der Waals surface area contributed by atoms with Crippen LogP contribution in [0.15, 0.2) is 72.8 Å². The summed E-state index contributed by atoms with van der Waals surface area (Å²) in [4.78, 5) is 11.7. The van der Waals surface area contributed by atoms with Crippen molar-refractivity contribution < 1.29 is 24.5 Å². The van der Waals surface area contributed by atoms with Gasteiger partial charge < -0.3 is 30.3 Å². The molecule has 1 heterocycles. The molecule has 3 aromatic carbocycles. The van der Waals surface area contributed by atoms with Crippen LogP contribution in [0.5, 0.6) is 0 Å². The third kappa shape index (κ3) is 7.82. The van der Waals surface area contributed by atoms with Crippen LogP contribution >= 0.6 is 11.8 Å². The first-order valence-corrected chi connectivity index (χ1v) is 14.1. The normalized spacial score (nSPS) is 19.2. The van der Waals surface area contributed by atoms with E-state index in [2.05, 4.69) is 34.9 Å². The molecule has 4 rings (SSSR count). The zero-order valence-electron chi connectivity index (χ0n) is 21.6. The first kappa shape index (κ1) is 28.1. The first-order valence-electron chi connectivity index (χ1n) is 13.0. The molecule has 2 amide bonds. The Labute approximate surface area is 228 Å². The van der Waals surface area contributed by atoms with Crippen LogP contribution in [0.1, 0.15) is 48.0 Å². The minimum absolute atomic E-state index is 0.0118. The van der Waals surface area contributed by atoms with Crippen molar-refractivity contribution in [2.75, 3.05) is 24.7 Å². The summed E-state index contributed by atoms with van der Waals surface area (Å²) in [6.45, 7) is 3.09. The molecule has 0 radical (unpaired) electrons. The molecule has 202 valence electrons. The third-order valence-corrected chi connectivity index (χ3v) is 7.47. The van der Waals surface area contributed by atoms with Gasteiger partial charge in [0.25, 0.3) is 0 Å². The summed E-state index contributed by atoms with van der Waals surface area (Å²) in [6.07, 6.45) is 0.0759. The third-order valence-electron chi connectivity index (χ3n) is 6.39. The molecular weight excluding hydrogens is 500 g/mol. The predicted octanol–water partition coefficient (Wildman–Crippen LogP) is 4.94. The fourth-order valence-electron chi connectivity index (χ4n) is 4.40. The second-order valence-corrected chi connectivity index (χ2v) is 10.3. The lowest BCUT2D eigenvalue weighted by atomic mass is 9.99. The smallest absolute Gasteiger partial charge is 0.315 e. The van der Waals surface area contributed by atoms with Crippen molar-refractivity contribution in [3.05, 3.63) is 95.1 Å². The minimum Gasteiger partial charge on any atom is -0.396 e. The van der Waals surface area contributed by atoms with E-state index in [0.29, 0.717) is 18.8 Å². The van der Waals surface area contributed by atoms with Crippen LogP contribution in [0, 0.1) is 0 Å². The lowest BCUT2D eigenvalue weighted by Gasteiger charge is -2.36. The second-order valence-electron chi connectivity index (χ2n) is 9.18. The molecule has 38 heavy (non-hydrogen) atoms. The van der Waals surface area contributed by atoms with E-state index < -0.39 is 6.29 Å². The number of amides is 2. The molecule has 0 aliphatic carbocycles. The second kappa shape index (κ2) is 14.3. The Morgan fingerprint density at radius 3 is 2.39 bits per heavy atom. The Kier molecular flexibility index (Phi) is 10.6. The van der Waals surface area contributed by atoms with E-state index in [1.807, 2.05) is 55.5 Å². The van der Waals surface area contributed by atoms with Crippen LogP contribution in [0.3, 0.4) is 0 Å². The fourth-order valence-corrected chi connectivity index (χ4v) is 5.17. The van der Waals surface area contributed by atoms with E-state index in [9.17, 15) is 15.0 Å². The predicted molar refractivity (Wildman–Crippen MR) is 151 cm³/mol. The van der Waals surface area contributed by atoms with Crippen LogP contribution < -0.4 is 10.6 Å². The number of aliphatic hydroxyl groups is 2. The Hall–Kier alpha value is -2.88. The highest BCUT2D eigenvalue weighted by molar-refractivity contribution is 7.99. The topological polar surface area (TPSA) is 100 Å². The highest BCUT2D eigenvalue weighted by Crippen LogP contribution is 2.39. The van der Waals surface area contributed by atoms with Gasteiger partial charge in [0.05, 0.1) is 25.4 Å². The van der Waals surface area contributed by atoms with Gasteiger partial charge in [-0.25, -0.2) is 4.79 Å². The molecule has 4 N–H and O–H groups in total. The van der Waals surface area contributed by atoms with E-state index in [-0.39, 0.29) is 31.5 Å². The number of carbonyl (C=O) groups excluding carboxylic acids is 1. The van der Waals surface area contributed by atoms with E-state index in [1.54, 1.807) is 11.8 Å². The molecule has 0 spiro atoms. The molecule has 3 unspecified atom stereocenters. The van der Waals surface area contributed by atoms with Gasteiger partial charge in [0.15, 0.2) is 6.29 Å². The van der Waals surface area contributed by atoms with E-state index in [0.717, 1.165) is 45.6 Å². The van der Waals surface area contributed by atoms with Crippen LogP contribution in [0.2, 0.25) is 0 Å². The molecule has 3 atom stereocenters. The molecular formula is C30H36N2O5S. The molecule has 0 aromatic heterocycles. The number of hydrogen-bond donors (Lipinski definition) is 4. The highest BCUT2D eigenvalue weighted by atomic mass is 32.2. The maximum absolute atomic E-state index is 11.7.